The Hall–Kier alpha value is -1.75. The van der Waals surface area contributed by atoms with Crippen LogP contribution in [0.5, 0.6) is 0 Å². The van der Waals surface area contributed by atoms with Crippen molar-refractivity contribution in [2.75, 3.05) is 25.5 Å². The summed E-state index contributed by atoms with van der Waals surface area (Å²) in [5, 5.41) is 0. The van der Waals surface area contributed by atoms with Crippen molar-refractivity contribution in [1.82, 2.24) is 9.80 Å². The maximum absolute atomic E-state index is 12.2. The van der Waals surface area contributed by atoms with E-state index in [0.717, 1.165) is 24.8 Å². The van der Waals surface area contributed by atoms with E-state index in [-0.39, 0.29) is 17.9 Å². The molecule has 1 aliphatic carbocycles. The molecule has 6 heteroatoms. The lowest BCUT2D eigenvalue weighted by Crippen LogP contribution is -2.39. The molecular formula is C18H23ClN2O3. The zero-order valence-corrected chi connectivity index (χ0v) is 14.5. The van der Waals surface area contributed by atoms with E-state index in [1.807, 2.05) is 35.2 Å². The van der Waals surface area contributed by atoms with Crippen LogP contribution in [-0.2, 0) is 16.1 Å². The molecule has 2 fully saturated rings. The molecule has 1 saturated carbocycles. The van der Waals surface area contributed by atoms with Crippen molar-refractivity contribution in [2.45, 2.75) is 31.9 Å². The van der Waals surface area contributed by atoms with E-state index in [9.17, 15) is 9.59 Å². The van der Waals surface area contributed by atoms with E-state index >= 15 is 0 Å². The Kier molecular flexibility index (Phi) is 5.61. The SMILES string of the molecule is O=C(OCc1ccccc1)N1CCC(CN(C(=O)CCl)C2CC2)C1. The van der Waals surface area contributed by atoms with Gasteiger partial charge >= 0.3 is 6.09 Å². The van der Waals surface area contributed by atoms with Gasteiger partial charge in [-0.25, -0.2) is 4.79 Å². The molecule has 130 valence electrons. The van der Waals surface area contributed by atoms with Gasteiger partial charge in [0.15, 0.2) is 0 Å². The number of benzene rings is 1. The highest BCUT2D eigenvalue weighted by molar-refractivity contribution is 6.27. The predicted molar refractivity (Wildman–Crippen MR) is 91.8 cm³/mol. The molecular weight excluding hydrogens is 328 g/mol. The van der Waals surface area contributed by atoms with Crippen molar-refractivity contribution in [1.29, 1.82) is 0 Å². The molecule has 0 N–H and O–H groups in total. The van der Waals surface area contributed by atoms with E-state index in [0.29, 0.717) is 38.2 Å². The van der Waals surface area contributed by atoms with Crippen molar-refractivity contribution >= 4 is 23.6 Å². The summed E-state index contributed by atoms with van der Waals surface area (Å²) < 4.78 is 5.38. The fourth-order valence-electron chi connectivity index (χ4n) is 3.15. The van der Waals surface area contributed by atoms with Gasteiger partial charge in [0.2, 0.25) is 5.91 Å². The van der Waals surface area contributed by atoms with E-state index in [2.05, 4.69) is 0 Å². The second-order valence-corrected chi connectivity index (χ2v) is 6.82. The summed E-state index contributed by atoms with van der Waals surface area (Å²) in [4.78, 5) is 27.8. The average molecular weight is 351 g/mol. The highest BCUT2D eigenvalue weighted by Crippen LogP contribution is 2.29. The zero-order valence-electron chi connectivity index (χ0n) is 13.7. The highest BCUT2D eigenvalue weighted by Gasteiger charge is 2.36. The van der Waals surface area contributed by atoms with Crippen LogP contribution in [0, 0.1) is 5.92 Å². The van der Waals surface area contributed by atoms with Gasteiger partial charge in [0.1, 0.15) is 12.5 Å². The second-order valence-electron chi connectivity index (χ2n) is 6.55. The first-order valence-corrected chi connectivity index (χ1v) is 9.02. The molecule has 2 aliphatic rings. The third-order valence-electron chi connectivity index (χ3n) is 4.63. The summed E-state index contributed by atoms with van der Waals surface area (Å²) in [7, 11) is 0. The average Bonchev–Trinajstić information content (AvgIpc) is 3.35. The van der Waals surface area contributed by atoms with Crippen molar-refractivity contribution in [2.24, 2.45) is 5.92 Å². The molecule has 0 spiro atoms. The maximum Gasteiger partial charge on any atom is 0.410 e. The van der Waals surface area contributed by atoms with Crippen molar-refractivity contribution in [3.63, 3.8) is 0 Å². The fraction of sp³-hybridized carbons (Fsp3) is 0.556. The monoisotopic (exact) mass is 350 g/mol. The molecule has 24 heavy (non-hydrogen) atoms. The number of nitrogens with zero attached hydrogens (tertiary/aromatic N) is 2. The van der Waals surface area contributed by atoms with Crippen molar-refractivity contribution < 1.29 is 14.3 Å². The molecule has 2 amide bonds. The van der Waals surface area contributed by atoms with Crippen LogP contribution in [0.25, 0.3) is 0 Å². The maximum atomic E-state index is 12.2. The Bertz CT molecular complexity index is 577. The first-order valence-electron chi connectivity index (χ1n) is 8.48. The van der Waals surface area contributed by atoms with Gasteiger partial charge in [-0.1, -0.05) is 30.3 Å². The van der Waals surface area contributed by atoms with Gasteiger partial charge in [0.05, 0.1) is 0 Å². The summed E-state index contributed by atoms with van der Waals surface area (Å²) >= 11 is 5.71. The molecule has 1 heterocycles. The molecule has 1 aromatic carbocycles. The summed E-state index contributed by atoms with van der Waals surface area (Å²) in [5.74, 6) is 0.345. The van der Waals surface area contributed by atoms with Crippen LogP contribution in [0.15, 0.2) is 30.3 Å². The molecule has 5 nitrogen and oxygen atoms in total. The molecule has 1 saturated heterocycles. The molecule has 1 unspecified atom stereocenters. The van der Waals surface area contributed by atoms with E-state index in [1.54, 1.807) is 4.90 Å². The van der Waals surface area contributed by atoms with Crippen molar-refractivity contribution in [3.8, 4) is 0 Å². The number of rotatable bonds is 6. The van der Waals surface area contributed by atoms with E-state index < -0.39 is 0 Å². The van der Waals surface area contributed by atoms with Crippen LogP contribution in [-0.4, -0.2) is 53.4 Å². The first-order chi connectivity index (χ1) is 11.7. The van der Waals surface area contributed by atoms with E-state index in [4.69, 9.17) is 16.3 Å². The number of alkyl halides is 1. The summed E-state index contributed by atoms with van der Waals surface area (Å²) in [5.41, 5.74) is 0.981. The van der Waals surface area contributed by atoms with Crippen LogP contribution in [0.1, 0.15) is 24.8 Å². The van der Waals surface area contributed by atoms with Crippen LogP contribution >= 0.6 is 11.6 Å². The highest BCUT2D eigenvalue weighted by atomic mass is 35.5. The lowest BCUT2D eigenvalue weighted by atomic mass is 10.1. The molecule has 0 aromatic heterocycles. The number of hydrogen-bond donors (Lipinski definition) is 0. The predicted octanol–water partition coefficient (Wildman–Crippen LogP) is 2.87. The summed E-state index contributed by atoms with van der Waals surface area (Å²) in [6.07, 6.45) is 2.76. The van der Waals surface area contributed by atoms with Gasteiger partial charge in [0.25, 0.3) is 0 Å². The number of halogens is 1. The van der Waals surface area contributed by atoms with Crippen LogP contribution in [0.3, 0.4) is 0 Å². The zero-order chi connectivity index (χ0) is 16.9. The molecule has 1 aliphatic heterocycles. The Morgan fingerprint density at radius 3 is 2.62 bits per heavy atom. The van der Waals surface area contributed by atoms with Gasteiger partial charge in [-0.05, 0) is 30.7 Å². The van der Waals surface area contributed by atoms with Gasteiger partial charge in [-0.3, -0.25) is 4.79 Å². The Balaban J connectivity index is 1.46. The topological polar surface area (TPSA) is 49.9 Å². The van der Waals surface area contributed by atoms with Gasteiger partial charge in [-0.15, -0.1) is 11.6 Å². The number of carbonyl (C=O) groups excluding carboxylic acids is 2. The van der Waals surface area contributed by atoms with Gasteiger partial charge in [0, 0.05) is 25.7 Å². The Morgan fingerprint density at radius 2 is 1.96 bits per heavy atom. The quantitative estimate of drug-likeness (QED) is 0.741. The summed E-state index contributed by atoms with van der Waals surface area (Å²) in [6, 6.07) is 10.0. The van der Waals surface area contributed by atoms with Crippen LogP contribution in [0.4, 0.5) is 4.79 Å². The largest absolute Gasteiger partial charge is 0.445 e. The summed E-state index contributed by atoms with van der Waals surface area (Å²) in [6.45, 7) is 2.32. The second kappa shape index (κ2) is 7.88. The number of likely N-dealkylation sites (tertiary alicyclic amines) is 1. The Labute approximate surface area is 147 Å². The van der Waals surface area contributed by atoms with E-state index in [1.165, 1.54) is 0 Å². The Morgan fingerprint density at radius 1 is 1.21 bits per heavy atom. The smallest absolute Gasteiger partial charge is 0.410 e. The fourth-order valence-corrected chi connectivity index (χ4v) is 3.31. The minimum atomic E-state index is -0.275. The van der Waals surface area contributed by atoms with Gasteiger partial charge < -0.3 is 14.5 Å². The molecule has 3 rings (SSSR count). The molecule has 1 atom stereocenters. The molecule has 0 bridgehead atoms. The van der Waals surface area contributed by atoms with Gasteiger partial charge in [-0.2, -0.15) is 0 Å². The normalized spacial score (nSPS) is 20.0. The number of carbonyl (C=O) groups is 2. The molecule has 1 aromatic rings. The molecule has 0 radical (unpaired) electrons. The van der Waals surface area contributed by atoms with Crippen LogP contribution < -0.4 is 0 Å². The number of ether oxygens (including phenoxy) is 1. The lowest BCUT2D eigenvalue weighted by Gasteiger charge is -2.25. The number of hydrogen-bond acceptors (Lipinski definition) is 3. The minimum Gasteiger partial charge on any atom is -0.445 e. The standard InChI is InChI=1S/C18H23ClN2O3/c19-10-17(22)21(16-6-7-16)12-15-8-9-20(11-15)18(23)24-13-14-4-2-1-3-5-14/h1-5,15-16H,6-13H2. The third kappa shape index (κ3) is 4.41. The number of amides is 2. The lowest BCUT2D eigenvalue weighted by molar-refractivity contribution is -0.129. The van der Waals surface area contributed by atoms with Crippen LogP contribution in [0.2, 0.25) is 0 Å². The third-order valence-corrected chi connectivity index (χ3v) is 4.86. The van der Waals surface area contributed by atoms with Crippen molar-refractivity contribution in [3.05, 3.63) is 35.9 Å². The first kappa shape index (κ1) is 17.1. The minimum absolute atomic E-state index is 0.00395.